The minimum Gasteiger partial charge on any atom is -0.371 e. The van der Waals surface area contributed by atoms with Crippen LogP contribution in [0.25, 0.3) is 5.65 Å². The maximum atomic E-state index is 4.25. The molecule has 0 saturated carbocycles. The Morgan fingerprint density at radius 1 is 1.38 bits per heavy atom. The van der Waals surface area contributed by atoms with Crippen molar-refractivity contribution in [3.63, 3.8) is 0 Å². The average molecular weight is 218 g/mol. The minimum atomic E-state index is 0.601. The van der Waals surface area contributed by atoms with Crippen molar-refractivity contribution in [3.8, 4) is 0 Å². The summed E-state index contributed by atoms with van der Waals surface area (Å²) in [6, 6.07) is 6.09. The Balaban J connectivity index is 2.06. The summed E-state index contributed by atoms with van der Waals surface area (Å²) in [5.41, 5.74) is 0.978. The Morgan fingerprint density at radius 2 is 2.25 bits per heavy atom. The van der Waals surface area contributed by atoms with Crippen LogP contribution in [0.3, 0.4) is 0 Å². The molecule has 0 bridgehead atoms. The lowest BCUT2D eigenvalue weighted by Gasteiger charge is -2.14. The Labute approximate surface area is 95.7 Å². The number of rotatable bonds is 5. The fourth-order valence-corrected chi connectivity index (χ4v) is 1.79. The molecule has 1 atom stereocenters. The highest BCUT2D eigenvalue weighted by molar-refractivity contribution is 5.49. The molecule has 2 aromatic rings. The highest BCUT2D eigenvalue weighted by atomic mass is 15.1. The number of fused-ring (bicyclic) bond motifs is 1. The monoisotopic (exact) mass is 218 g/mol. The topological polar surface area (TPSA) is 41.4 Å². The zero-order valence-electron chi connectivity index (χ0n) is 9.77. The van der Waals surface area contributed by atoms with Crippen LogP contribution in [-0.4, -0.2) is 29.5 Å². The van der Waals surface area contributed by atoms with Gasteiger partial charge in [0, 0.05) is 18.9 Å². The van der Waals surface area contributed by atoms with Crippen molar-refractivity contribution in [1.82, 2.24) is 14.7 Å². The van der Waals surface area contributed by atoms with Gasteiger partial charge in [0.1, 0.15) is 11.5 Å². The number of anilines is 1. The average Bonchev–Trinajstić information content (AvgIpc) is 2.75. The van der Waals surface area contributed by atoms with E-state index in [4.69, 9.17) is 0 Å². The lowest BCUT2D eigenvalue weighted by molar-refractivity contribution is 0.568. The van der Waals surface area contributed by atoms with E-state index in [1.165, 1.54) is 0 Å². The number of nitrogens with one attached hydrogen (secondary N) is 2. The van der Waals surface area contributed by atoms with Crippen LogP contribution in [0.2, 0.25) is 0 Å². The first kappa shape index (κ1) is 11.0. The van der Waals surface area contributed by atoms with Gasteiger partial charge < -0.3 is 10.6 Å². The summed E-state index contributed by atoms with van der Waals surface area (Å²) < 4.78 is 2.06. The zero-order valence-corrected chi connectivity index (χ0v) is 9.77. The van der Waals surface area contributed by atoms with Crippen molar-refractivity contribution >= 4 is 11.5 Å². The molecule has 0 saturated heterocycles. The largest absolute Gasteiger partial charge is 0.371 e. The van der Waals surface area contributed by atoms with Gasteiger partial charge in [-0.25, -0.2) is 4.98 Å². The van der Waals surface area contributed by atoms with Gasteiger partial charge in [0.15, 0.2) is 0 Å². The third-order valence-electron chi connectivity index (χ3n) is 2.61. The first-order valence-corrected chi connectivity index (χ1v) is 5.62. The fourth-order valence-electron chi connectivity index (χ4n) is 1.79. The van der Waals surface area contributed by atoms with Crippen molar-refractivity contribution in [1.29, 1.82) is 0 Å². The second kappa shape index (κ2) is 4.99. The van der Waals surface area contributed by atoms with Crippen LogP contribution in [0.4, 0.5) is 5.82 Å². The van der Waals surface area contributed by atoms with Crippen LogP contribution >= 0.6 is 0 Å². The summed E-state index contributed by atoms with van der Waals surface area (Å²) >= 11 is 0. The van der Waals surface area contributed by atoms with E-state index in [2.05, 4.69) is 33.0 Å². The van der Waals surface area contributed by atoms with Crippen molar-refractivity contribution in [2.75, 3.05) is 25.5 Å². The van der Waals surface area contributed by atoms with Crippen LogP contribution in [0.15, 0.2) is 30.6 Å². The molecule has 0 amide bonds. The Morgan fingerprint density at radius 3 is 3.06 bits per heavy atom. The molecule has 2 aromatic heterocycles. The molecule has 2 N–H and O–H groups in total. The highest BCUT2D eigenvalue weighted by Crippen LogP contribution is 2.11. The number of pyridine rings is 1. The SMILES string of the molecule is CNCC(C)CNc1cccc2nccn12. The van der Waals surface area contributed by atoms with Gasteiger partial charge in [-0.1, -0.05) is 13.0 Å². The molecule has 0 aromatic carbocycles. The van der Waals surface area contributed by atoms with Gasteiger partial charge in [0.05, 0.1) is 0 Å². The molecule has 0 aliphatic carbocycles. The van der Waals surface area contributed by atoms with Gasteiger partial charge >= 0.3 is 0 Å². The van der Waals surface area contributed by atoms with Crippen molar-refractivity contribution < 1.29 is 0 Å². The van der Waals surface area contributed by atoms with Gasteiger partial charge in [-0.2, -0.15) is 0 Å². The van der Waals surface area contributed by atoms with E-state index in [9.17, 15) is 0 Å². The molecule has 0 radical (unpaired) electrons. The summed E-state index contributed by atoms with van der Waals surface area (Å²) in [6.45, 7) is 4.20. The zero-order chi connectivity index (χ0) is 11.4. The molecule has 0 aliphatic rings. The lowest BCUT2D eigenvalue weighted by Crippen LogP contribution is -2.23. The van der Waals surface area contributed by atoms with Gasteiger partial charge in [-0.05, 0) is 31.6 Å². The van der Waals surface area contributed by atoms with E-state index < -0.39 is 0 Å². The molecule has 0 aliphatic heterocycles. The Hall–Kier alpha value is -1.55. The molecule has 4 nitrogen and oxygen atoms in total. The summed E-state index contributed by atoms with van der Waals surface area (Å²) in [7, 11) is 1.98. The van der Waals surface area contributed by atoms with Crippen LogP contribution in [0.5, 0.6) is 0 Å². The summed E-state index contributed by atoms with van der Waals surface area (Å²) in [5, 5.41) is 6.62. The number of aromatic nitrogens is 2. The molecule has 0 fully saturated rings. The first-order chi connectivity index (χ1) is 7.81. The molecule has 16 heavy (non-hydrogen) atoms. The Bertz CT molecular complexity index is 449. The number of hydrogen-bond donors (Lipinski definition) is 2. The summed E-state index contributed by atoms with van der Waals surface area (Å²) in [4.78, 5) is 4.25. The predicted molar refractivity (Wildman–Crippen MR) is 66.8 cm³/mol. The van der Waals surface area contributed by atoms with Crippen LogP contribution in [0, 0.1) is 5.92 Å². The molecule has 4 heteroatoms. The Kier molecular flexibility index (Phi) is 3.41. The highest BCUT2D eigenvalue weighted by Gasteiger charge is 2.02. The molecule has 2 rings (SSSR count). The van der Waals surface area contributed by atoms with Crippen LogP contribution < -0.4 is 10.6 Å². The molecular weight excluding hydrogens is 200 g/mol. The third kappa shape index (κ3) is 2.33. The van der Waals surface area contributed by atoms with Crippen molar-refractivity contribution in [3.05, 3.63) is 30.6 Å². The maximum Gasteiger partial charge on any atom is 0.138 e. The van der Waals surface area contributed by atoms with Gasteiger partial charge in [0.25, 0.3) is 0 Å². The molecule has 2 heterocycles. The smallest absolute Gasteiger partial charge is 0.138 e. The van der Waals surface area contributed by atoms with E-state index in [1.54, 1.807) is 0 Å². The number of imidazole rings is 1. The maximum absolute atomic E-state index is 4.25. The molecule has 0 spiro atoms. The van der Waals surface area contributed by atoms with E-state index in [0.717, 1.165) is 24.6 Å². The first-order valence-electron chi connectivity index (χ1n) is 5.62. The normalized spacial score (nSPS) is 12.9. The number of nitrogens with zero attached hydrogens (tertiary/aromatic N) is 2. The molecule has 86 valence electrons. The standard InChI is InChI=1S/C12H18N4/c1-10(8-13-2)9-15-12-5-3-4-11-14-6-7-16(11)12/h3-7,10,13,15H,8-9H2,1-2H3. The second-order valence-corrected chi connectivity index (χ2v) is 4.11. The van der Waals surface area contributed by atoms with Gasteiger partial charge in [-0.15, -0.1) is 0 Å². The predicted octanol–water partition coefficient (Wildman–Crippen LogP) is 1.60. The van der Waals surface area contributed by atoms with E-state index in [-0.39, 0.29) is 0 Å². The van der Waals surface area contributed by atoms with Crippen LogP contribution in [-0.2, 0) is 0 Å². The number of hydrogen-bond acceptors (Lipinski definition) is 3. The third-order valence-corrected chi connectivity index (χ3v) is 2.61. The van der Waals surface area contributed by atoms with E-state index in [1.807, 2.05) is 31.6 Å². The van der Waals surface area contributed by atoms with E-state index >= 15 is 0 Å². The summed E-state index contributed by atoms with van der Waals surface area (Å²) in [6.07, 6.45) is 3.79. The van der Waals surface area contributed by atoms with Gasteiger partial charge in [0.2, 0.25) is 0 Å². The van der Waals surface area contributed by atoms with Gasteiger partial charge in [-0.3, -0.25) is 4.40 Å². The quantitative estimate of drug-likeness (QED) is 0.801. The second-order valence-electron chi connectivity index (χ2n) is 4.11. The minimum absolute atomic E-state index is 0.601. The van der Waals surface area contributed by atoms with Crippen molar-refractivity contribution in [2.45, 2.75) is 6.92 Å². The molecular formula is C12H18N4. The lowest BCUT2D eigenvalue weighted by atomic mass is 10.2. The van der Waals surface area contributed by atoms with Crippen LogP contribution in [0.1, 0.15) is 6.92 Å². The molecule has 1 unspecified atom stereocenters. The fraction of sp³-hybridized carbons (Fsp3) is 0.417. The van der Waals surface area contributed by atoms with Crippen molar-refractivity contribution in [2.24, 2.45) is 5.92 Å². The summed E-state index contributed by atoms with van der Waals surface area (Å²) in [5.74, 6) is 1.70. The van der Waals surface area contributed by atoms with E-state index in [0.29, 0.717) is 5.92 Å².